The second-order valence-electron chi connectivity index (χ2n) is 6.07. The molecule has 1 saturated carbocycles. The van der Waals surface area contributed by atoms with Crippen molar-refractivity contribution in [3.05, 3.63) is 59.4 Å². The summed E-state index contributed by atoms with van der Waals surface area (Å²) < 4.78 is 45.9. The highest BCUT2D eigenvalue weighted by Gasteiger charge is 2.30. The SMILES string of the molecule is COc1ccc(C(=O)NCc2cccc(F)c2)cc1S(=O)(=O)NC1CC1. The van der Waals surface area contributed by atoms with Crippen molar-refractivity contribution >= 4 is 15.9 Å². The summed E-state index contributed by atoms with van der Waals surface area (Å²) in [6, 6.07) is 10.0. The van der Waals surface area contributed by atoms with E-state index in [1.165, 1.54) is 37.4 Å². The number of amides is 1. The molecular formula is C18H19FN2O4S. The van der Waals surface area contributed by atoms with E-state index in [1.807, 2.05) is 0 Å². The molecule has 2 aromatic rings. The van der Waals surface area contributed by atoms with E-state index in [1.54, 1.807) is 12.1 Å². The standard InChI is InChI=1S/C18H19FN2O4S/c1-25-16-8-5-13(10-17(16)26(23,24)21-15-6-7-15)18(22)20-11-12-3-2-4-14(19)9-12/h2-5,8-10,15,21H,6-7,11H2,1H3,(H,20,22). The molecule has 3 rings (SSSR count). The Morgan fingerprint density at radius 2 is 2.00 bits per heavy atom. The third-order valence-corrected chi connectivity index (χ3v) is 5.50. The lowest BCUT2D eigenvalue weighted by atomic mass is 10.2. The predicted octanol–water partition coefficient (Wildman–Crippen LogP) is 2.21. The molecule has 138 valence electrons. The van der Waals surface area contributed by atoms with Crippen molar-refractivity contribution in [2.24, 2.45) is 0 Å². The summed E-state index contributed by atoms with van der Waals surface area (Å²) in [4.78, 5) is 12.3. The minimum absolute atomic E-state index is 0.0600. The van der Waals surface area contributed by atoms with Crippen LogP contribution in [0.15, 0.2) is 47.4 Å². The van der Waals surface area contributed by atoms with Gasteiger partial charge in [-0.1, -0.05) is 12.1 Å². The first-order valence-corrected chi connectivity index (χ1v) is 9.60. The van der Waals surface area contributed by atoms with Crippen LogP contribution in [0.3, 0.4) is 0 Å². The quantitative estimate of drug-likeness (QED) is 0.774. The molecule has 26 heavy (non-hydrogen) atoms. The number of carbonyl (C=O) groups is 1. The highest BCUT2D eigenvalue weighted by molar-refractivity contribution is 7.89. The smallest absolute Gasteiger partial charge is 0.251 e. The molecule has 1 aliphatic carbocycles. The van der Waals surface area contributed by atoms with Crippen LogP contribution in [0.1, 0.15) is 28.8 Å². The van der Waals surface area contributed by atoms with Crippen molar-refractivity contribution in [1.82, 2.24) is 10.0 Å². The fourth-order valence-corrected chi connectivity index (χ4v) is 3.94. The molecule has 0 aliphatic heterocycles. The number of ether oxygens (including phenoxy) is 1. The zero-order chi connectivity index (χ0) is 18.7. The number of hydrogen-bond acceptors (Lipinski definition) is 4. The monoisotopic (exact) mass is 378 g/mol. The van der Waals surface area contributed by atoms with Gasteiger partial charge in [-0.05, 0) is 48.7 Å². The molecule has 0 atom stereocenters. The fraction of sp³-hybridized carbons (Fsp3) is 0.278. The van der Waals surface area contributed by atoms with Crippen molar-refractivity contribution in [2.75, 3.05) is 7.11 Å². The predicted molar refractivity (Wildman–Crippen MR) is 93.9 cm³/mol. The van der Waals surface area contributed by atoms with Crippen LogP contribution in [-0.2, 0) is 16.6 Å². The lowest BCUT2D eigenvalue weighted by molar-refractivity contribution is 0.0950. The molecule has 0 radical (unpaired) electrons. The zero-order valence-corrected chi connectivity index (χ0v) is 15.0. The number of methoxy groups -OCH3 is 1. The fourth-order valence-electron chi connectivity index (χ4n) is 2.44. The van der Waals surface area contributed by atoms with E-state index in [-0.39, 0.29) is 34.6 Å². The maximum atomic E-state index is 13.2. The van der Waals surface area contributed by atoms with Gasteiger partial charge in [0.25, 0.3) is 5.91 Å². The number of rotatable bonds is 7. The van der Waals surface area contributed by atoms with Crippen molar-refractivity contribution in [3.63, 3.8) is 0 Å². The van der Waals surface area contributed by atoms with Gasteiger partial charge in [0, 0.05) is 18.2 Å². The Morgan fingerprint density at radius 1 is 1.23 bits per heavy atom. The first-order chi connectivity index (χ1) is 12.4. The topological polar surface area (TPSA) is 84.5 Å². The van der Waals surface area contributed by atoms with Crippen LogP contribution in [0.5, 0.6) is 5.75 Å². The first-order valence-electron chi connectivity index (χ1n) is 8.12. The van der Waals surface area contributed by atoms with Gasteiger partial charge in [-0.2, -0.15) is 0 Å². The number of carbonyl (C=O) groups excluding carboxylic acids is 1. The van der Waals surface area contributed by atoms with Crippen LogP contribution in [0, 0.1) is 5.82 Å². The van der Waals surface area contributed by atoms with E-state index in [0.717, 1.165) is 12.8 Å². The second kappa shape index (κ2) is 7.43. The summed E-state index contributed by atoms with van der Waals surface area (Å²) in [7, 11) is -2.40. The summed E-state index contributed by atoms with van der Waals surface area (Å²) in [5.41, 5.74) is 0.786. The molecule has 8 heteroatoms. The van der Waals surface area contributed by atoms with Gasteiger partial charge >= 0.3 is 0 Å². The Hall–Kier alpha value is -2.45. The van der Waals surface area contributed by atoms with Gasteiger partial charge in [-0.15, -0.1) is 0 Å². The number of sulfonamides is 1. The summed E-state index contributed by atoms with van der Waals surface area (Å²) in [5, 5.41) is 2.65. The minimum Gasteiger partial charge on any atom is -0.495 e. The van der Waals surface area contributed by atoms with E-state index >= 15 is 0 Å². The first kappa shape index (κ1) is 18.3. The van der Waals surface area contributed by atoms with E-state index in [4.69, 9.17) is 4.74 Å². The number of nitrogens with one attached hydrogen (secondary N) is 2. The molecule has 0 saturated heterocycles. The van der Waals surface area contributed by atoms with Crippen LogP contribution in [-0.4, -0.2) is 27.5 Å². The molecule has 6 nitrogen and oxygen atoms in total. The van der Waals surface area contributed by atoms with E-state index in [0.29, 0.717) is 5.56 Å². The van der Waals surface area contributed by atoms with E-state index in [9.17, 15) is 17.6 Å². The minimum atomic E-state index is -3.77. The van der Waals surface area contributed by atoms with Gasteiger partial charge in [0.15, 0.2) is 0 Å². The summed E-state index contributed by atoms with van der Waals surface area (Å²) in [6.45, 7) is 0.130. The maximum Gasteiger partial charge on any atom is 0.251 e. The lowest BCUT2D eigenvalue weighted by Gasteiger charge is -2.12. The average molecular weight is 378 g/mol. The van der Waals surface area contributed by atoms with Crippen LogP contribution in [0.25, 0.3) is 0 Å². The third-order valence-electron chi connectivity index (χ3n) is 3.96. The zero-order valence-electron chi connectivity index (χ0n) is 14.2. The van der Waals surface area contributed by atoms with E-state index in [2.05, 4.69) is 10.0 Å². The highest BCUT2D eigenvalue weighted by Crippen LogP contribution is 2.28. The number of halogens is 1. The van der Waals surface area contributed by atoms with Crippen LogP contribution < -0.4 is 14.8 Å². The van der Waals surface area contributed by atoms with Crippen LogP contribution >= 0.6 is 0 Å². The molecule has 0 spiro atoms. The van der Waals surface area contributed by atoms with Gasteiger partial charge in [-0.3, -0.25) is 4.79 Å². The normalized spacial score (nSPS) is 14.1. The molecule has 2 aromatic carbocycles. The molecule has 1 aliphatic rings. The Balaban J connectivity index is 1.79. The van der Waals surface area contributed by atoms with Crippen molar-refractivity contribution in [3.8, 4) is 5.75 Å². The number of hydrogen-bond donors (Lipinski definition) is 2. The van der Waals surface area contributed by atoms with E-state index < -0.39 is 15.9 Å². The van der Waals surface area contributed by atoms with Crippen molar-refractivity contribution < 1.29 is 22.3 Å². The average Bonchev–Trinajstić information content (AvgIpc) is 3.42. The van der Waals surface area contributed by atoms with Gasteiger partial charge < -0.3 is 10.1 Å². The third kappa shape index (κ3) is 4.39. The molecule has 0 heterocycles. The molecule has 0 bridgehead atoms. The molecule has 0 aromatic heterocycles. The Labute approximate surface area is 151 Å². The maximum absolute atomic E-state index is 13.2. The molecule has 1 fully saturated rings. The van der Waals surface area contributed by atoms with Gasteiger partial charge in [0.2, 0.25) is 10.0 Å². The molecule has 0 unspecified atom stereocenters. The Morgan fingerprint density at radius 3 is 2.65 bits per heavy atom. The second-order valence-corrected chi connectivity index (χ2v) is 7.76. The summed E-state index contributed by atoms with van der Waals surface area (Å²) >= 11 is 0. The molecular weight excluding hydrogens is 359 g/mol. The molecule has 2 N–H and O–H groups in total. The van der Waals surface area contributed by atoms with Gasteiger partial charge in [-0.25, -0.2) is 17.5 Å². The van der Waals surface area contributed by atoms with Crippen LogP contribution in [0.4, 0.5) is 4.39 Å². The van der Waals surface area contributed by atoms with Crippen LogP contribution in [0.2, 0.25) is 0 Å². The summed E-state index contributed by atoms with van der Waals surface area (Å²) in [5.74, 6) is -0.680. The van der Waals surface area contributed by atoms with Gasteiger partial charge in [0.1, 0.15) is 16.5 Å². The Kier molecular flexibility index (Phi) is 5.24. The Bertz CT molecular complexity index is 927. The lowest BCUT2D eigenvalue weighted by Crippen LogP contribution is -2.27. The molecule has 1 amide bonds. The summed E-state index contributed by atoms with van der Waals surface area (Å²) in [6.07, 6.45) is 1.60. The number of benzene rings is 2. The highest BCUT2D eigenvalue weighted by atomic mass is 32.2. The van der Waals surface area contributed by atoms with Crippen molar-refractivity contribution in [1.29, 1.82) is 0 Å². The van der Waals surface area contributed by atoms with Crippen molar-refractivity contribution in [2.45, 2.75) is 30.3 Å². The largest absolute Gasteiger partial charge is 0.495 e. The van der Waals surface area contributed by atoms with Gasteiger partial charge in [0.05, 0.1) is 7.11 Å².